The number of carbonyl (C=O) groups excluding carboxylic acids is 2. The van der Waals surface area contributed by atoms with Gasteiger partial charge < -0.3 is 4.74 Å². The summed E-state index contributed by atoms with van der Waals surface area (Å²) in [6.45, 7) is 1.22. The first-order chi connectivity index (χ1) is 13.3. The summed E-state index contributed by atoms with van der Waals surface area (Å²) in [5.41, 5.74) is -1.44. The minimum Gasteiger partial charge on any atom is -0.458 e. The van der Waals surface area contributed by atoms with Gasteiger partial charge in [0.15, 0.2) is 0 Å². The van der Waals surface area contributed by atoms with Crippen LogP contribution in [0, 0.1) is 17.5 Å². The van der Waals surface area contributed by atoms with Crippen LogP contribution < -0.4 is 4.90 Å². The van der Waals surface area contributed by atoms with E-state index in [4.69, 9.17) is 4.74 Å². The van der Waals surface area contributed by atoms with Gasteiger partial charge in [0.05, 0.1) is 0 Å². The Morgan fingerprint density at radius 1 is 1.04 bits per heavy atom. The molecule has 3 rings (SSSR count). The van der Waals surface area contributed by atoms with Crippen LogP contribution in [0.3, 0.4) is 0 Å². The van der Waals surface area contributed by atoms with Gasteiger partial charge in [0.1, 0.15) is 35.2 Å². The number of carbonyl (C=O) groups is 2. The summed E-state index contributed by atoms with van der Waals surface area (Å²) in [6.07, 6.45) is 3.26. The molecule has 2 aromatic carbocycles. The SMILES string of the molecule is CC1(OC(=O)CN(C(=O)c2c(F)cccc2F)c2cccc(F)c2)CCCC1. The molecule has 0 unspecified atom stereocenters. The van der Waals surface area contributed by atoms with Crippen LogP contribution in [0.15, 0.2) is 42.5 Å². The molecule has 1 amide bonds. The van der Waals surface area contributed by atoms with Crippen LogP contribution in [0.2, 0.25) is 0 Å². The molecule has 148 valence electrons. The van der Waals surface area contributed by atoms with E-state index in [0.717, 1.165) is 48.1 Å². The molecule has 2 aromatic rings. The van der Waals surface area contributed by atoms with Crippen molar-refractivity contribution in [3.63, 3.8) is 0 Å². The van der Waals surface area contributed by atoms with Crippen molar-refractivity contribution in [2.75, 3.05) is 11.4 Å². The number of nitrogens with zero attached hydrogens (tertiary/aromatic N) is 1. The number of esters is 1. The zero-order valence-electron chi connectivity index (χ0n) is 15.4. The molecule has 1 saturated carbocycles. The number of hydrogen-bond acceptors (Lipinski definition) is 3. The molecule has 28 heavy (non-hydrogen) atoms. The van der Waals surface area contributed by atoms with E-state index in [2.05, 4.69) is 0 Å². The second-order valence-corrected chi connectivity index (χ2v) is 7.10. The van der Waals surface area contributed by atoms with Crippen LogP contribution in [0.25, 0.3) is 0 Å². The monoisotopic (exact) mass is 391 g/mol. The topological polar surface area (TPSA) is 46.6 Å². The van der Waals surface area contributed by atoms with Crippen LogP contribution in [-0.4, -0.2) is 24.0 Å². The van der Waals surface area contributed by atoms with Crippen molar-refractivity contribution in [1.29, 1.82) is 0 Å². The number of amides is 1. The van der Waals surface area contributed by atoms with Gasteiger partial charge in [0.25, 0.3) is 5.91 Å². The lowest BCUT2D eigenvalue weighted by Crippen LogP contribution is -2.40. The van der Waals surface area contributed by atoms with Gasteiger partial charge in [0.2, 0.25) is 0 Å². The van der Waals surface area contributed by atoms with Gasteiger partial charge in [-0.05, 0) is 62.9 Å². The molecular weight excluding hydrogens is 371 g/mol. The number of halogens is 3. The predicted molar refractivity (Wildman–Crippen MR) is 97.4 cm³/mol. The summed E-state index contributed by atoms with van der Waals surface area (Å²) in [5, 5.41) is 0. The number of benzene rings is 2. The van der Waals surface area contributed by atoms with Crippen molar-refractivity contribution >= 4 is 17.6 Å². The molecule has 1 aliphatic rings. The first-order valence-electron chi connectivity index (χ1n) is 9.02. The molecular formula is C21H20F3NO3. The summed E-state index contributed by atoms with van der Waals surface area (Å²) < 4.78 is 47.4. The van der Waals surface area contributed by atoms with Gasteiger partial charge >= 0.3 is 5.97 Å². The Morgan fingerprint density at radius 2 is 1.64 bits per heavy atom. The molecule has 0 saturated heterocycles. The summed E-state index contributed by atoms with van der Waals surface area (Å²) in [4.78, 5) is 26.2. The molecule has 0 spiro atoms. The average molecular weight is 391 g/mol. The molecule has 1 aliphatic carbocycles. The van der Waals surface area contributed by atoms with Crippen LogP contribution in [0.5, 0.6) is 0 Å². The normalized spacial score (nSPS) is 15.3. The summed E-state index contributed by atoms with van der Waals surface area (Å²) in [6, 6.07) is 7.91. The molecule has 0 heterocycles. The van der Waals surface area contributed by atoms with Crippen molar-refractivity contribution in [2.45, 2.75) is 38.2 Å². The molecule has 1 fully saturated rings. The zero-order chi connectivity index (χ0) is 20.3. The van der Waals surface area contributed by atoms with Crippen LogP contribution in [-0.2, 0) is 9.53 Å². The first kappa shape index (κ1) is 19.9. The number of ether oxygens (including phenoxy) is 1. The van der Waals surface area contributed by atoms with Crippen molar-refractivity contribution in [2.24, 2.45) is 0 Å². The average Bonchev–Trinajstić information content (AvgIpc) is 3.05. The second kappa shape index (κ2) is 8.04. The summed E-state index contributed by atoms with van der Waals surface area (Å²) in [5.74, 6) is -4.60. The van der Waals surface area contributed by atoms with Crippen molar-refractivity contribution in [3.05, 3.63) is 65.5 Å². The highest BCUT2D eigenvalue weighted by molar-refractivity contribution is 6.08. The molecule has 0 atom stereocenters. The maximum absolute atomic E-state index is 14.1. The van der Waals surface area contributed by atoms with Crippen molar-refractivity contribution in [3.8, 4) is 0 Å². The van der Waals surface area contributed by atoms with Crippen LogP contribution in [0.1, 0.15) is 43.0 Å². The van der Waals surface area contributed by atoms with Crippen LogP contribution >= 0.6 is 0 Å². The molecule has 7 heteroatoms. The molecule has 0 radical (unpaired) electrons. The number of hydrogen-bond donors (Lipinski definition) is 0. The number of rotatable bonds is 5. The Hall–Kier alpha value is -2.83. The van der Waals surface area contributed by atoms with E-state index in [-0.39, 0.29) is 5.69 Å². The van der Waals surface area contributed by atoms with Crippen LogP contribution in [0.4, 0.5) is 18.9 Å². The molecule has 0 N–H and O–H groups in total. The Balaban J connectivity index is 1.91. The maximum atomic E-state index is 14.1. The standard InChI is InChI=1S/C21H20F3NO3/c1-21(10-2-3-11-21)28-18(26)13-25(15-7-4-6-14(22)12-15)20(27)19-16(23)8-5-9-17(19)24/h4-9,12H,2-3,10-11,13H2,1H3. The van der Waals surface area contributed by atoms with E-state index in [1.165, 1.54) is 12.1 Å². The first-order valence-corrected chi connectivity index (χ1v) is 9.02. The largest absolute Gasteiger partial charge is 0.458 e. The Morgan fingerprint density at radius 3 is 2.25 bits per heavy atom. The number of anilines is 1. The van der Waals surface area contributed by atoms with Gasteiger partial charge in [-0.15, -0.1) is 0 Å². The van der Waals surface area contributed by atoms with Gasteiger partial charge in [0, 0.05) is 5.69 Å². The van der Waals surface area contributed by atoms with Gasteiger partial charge in [-0.25, -0.2) is 13.2 Å². The molecule has 0 bridgehead atoms. The quantitative estimate of drug-likeness (QED) is 0.699. The van der Waals surface area contributed by atoms with E-state index in [0.29, 0.717) is 12.8 Å². The molecule has 0 aliphatic heterocycles. The van der Waals surface area contributed by atoms with Gasteiger partial charge in [-0.3, -0.25) is 14.5 Å². The van der Waals surface area contributed by atoms with Gasteiger partial charge in [-0.1, -0.05) is 12.1 Å². The molecule has 4 nitrogen and oxygen atoms in total. The third-order valence-electron chi connectivity index (χ3n) is 4.85. The third-order valence-corrected chi connectivity index (χ3v) is 4.85. The fourth-order valence-corrected chi connectivity index (χ4v) is 3.42. The summed E-state index contributed by atoms with van der Waals surface area (Å²) >= 11 is 0. The fraction of sp³-hybridized carbons (Fsp3) is 0.333. The lowest BCUT2D eigenvalue weighted by atomic mass is 10.1. The zero-order valence-corrected chi connectivity index (χ0v) is 15.4. The lowest BCUT2D eigenvalue weighted by molar-refractivity contribution is -0.155. The highest BCUT2D eigenvalue weighted by Gasteiger charge is 2.34. The summed E-state index contributed by atoms with van der Waals surface area (Å²) in [7, 11) is 0. The van der Waals surface area contributed by atoms with Crippen molar-refractivity contribution in [1.82, 2.24) is 0 Å². The highest BCUT2D eigenvalue weighted by Crippen LogP contribution is 2.33. The van der Waals surface area contributed by atoms with Crippen molar-refractivity contribution < 1.29 is 27.5 Å². The van der Waals surface area contributed by atoms with E-state index in [9.17, 15) is 22.8 Å². The minimum atomic E-state index is -1.09. The van der Waals surface area contributed by atoms with Gasteiger partial charge in [-0.2, -0.15) is 0 Å². The predicted octanol–water partition coefficient (Wildman–Crippen LogP) is 4.63. The fourth-order valence-electron chi connectivity index (χ4n) is 3.42. The van der Waals surface area contributed by atoms with E-state index < -0.39 is 47.0 Å². The smallest absolute Gasteiger partial charge is 0.326 e. The van der Waals surface area contributed by atoms with E-state index in [1.807, 2.05) is 6.92 Å². The Bertz CT molecular complexity index is 874. The van der Waals surface area contributed by atoms with E-state index >= 15 is 0 Å². The molecule has 0 aromatic heterocycles. The van der Waals surface area contributed by atoms with E-state index in [1.54, 1.807) is 0 Å². The highest BCUT2D eigenvalue weighted by atomic mass is 19.1. The lowest BCUT2D eigenvalue weighted by Gasteiger charge is -2.27. The Labute approximate surface area is 160 Å². The Kier molecular flexibility index (Phi) is 5.72. The maximum Gasteiger partial charge on any atom is 0.326 e. The second-order valence-electron chi connectivity index (χ2n) is 7.10. The minimum absolute atomic E-state index is 0.00109. The third kappa shape index (κ3) is 4.35.